The molecule has 148 valence electrons. The van der Waals surface area contributed by atoms with Crippen LogP contribution in [-0.2, 0) is 16.0 Å². The Morgan fingerprint density at radius 2 is 1.81 bits per heavy atom. The fourth-order valence-corrected chi connectivity index (χ4v) is 4.16. The summed E-state index contributed by atoms with van der Waals surface area (Å²) in [5.41, 5.74) is 1.28. The molecule has 0 spiro atoms. The lowest BCUT2D eigenvalue weighted by Gasteiger charge is -2.32. The number of hydrogen-bond acceptors (Lipinski definition) is 4. The van der Waals surface area contributed by atoms with Crippen molar-refractivity contribution in [3.05, 3.63) is 29.8 Å². The van der Waals surface area contributed by atoms with Gasteiger partial charge >= 0.3 is 0 Å². The Morgan fingerprint density at radius 1 is 1.11 bits per heavy atom. The Balaban J connectivity index is 1.46. The van der Waals surface area contributed by atoms with Crippen LogP contribution < -0.4 is 10.1 Å². The van der Waals surface area contributed by atoms with Gasteiger partial charge in [-0.25, -0.2) is 0 Å². The Kier molecular flexibility index (Phi) is 6.72. The van der Waals surface area contributed by atoms with Crippen molar-refractivity contribution in [2.24, 2.45) is 0 Å². The predicted octanol–water partition coefficient (Wildman–Crippen LogP) is 1.83. The van der Waals surface area contributed by atoms with Crippen LogP contribution in [0.4, 0.5) is 0 Å². The van der Waals surface area contributed by atoms with Gasteiger partial charge in [0.1, 0.15) is 5.75 Å². The van der Waals surface area contributed by atoms with E-state index in [0.717, 1.165) is 57.5 Å². The minimum absolute atomic E-state index is 0.109. The zero-order chi connectivity index (χ0) is 19.2. The highest BCUT2D eigenvalue weighted by molar-refractivity contribution is 5.78. The van der Waals surface area contributed by atoms with E-state index in [2.05, 4.69) is 22.3 Å². The van der Waals surface area contributed by atoms with Gasteiger partial charge in [0.05, 0.1) is 13.7 Å². The number of hydrogen-bond donors (Lipinski definition) is 1. The first-order chi connectivity index (χ1) is 13.0. The molecule has 1 N–H and O–H groups in total. The molecular formula is C21H31N3O3. The van der Waals surface area contributed by atoms with Crippen LogP contribution in [0, 0.1) is 0 Å². The van der Waals surface area contributed by atoms with Crippen LogP contribution in [0.25, 0.3) is 0 Å². The zero-order valence-electron chi connectivity index (χ0n) is 16.4. The van der Waals surface area contributed by atoms with Gasteiger partial charge in [0, 0.05) is 32.1 Å². The number of amides is 2. The molecule has 2 saturated heterocycles. The van der Waals surface area contributed by atoms with E-state index in [0.29, 0.717) is 12.6 Å². The predicted molar refractivity (Wildman–Crippen MR) is 105 cm³/mol. The lowest BCUT2D eigenvalue weighted by atomic mass is 10.0. The highest BCUT2D eigenvalue weighted by Crippen LogP contribution is 2.22. The molecule has 0 bridgehead atoms. The standard InChI is InChI=1S/C21H31N3O3/c1-16(25)23-12-9-18(10-13-23)22-21(26)15-24-11-3-4-19(24)14-17-5-7-20(27-2)8-6-17/h5-8,18-19H,3-4,9-15H2,1-2H3,(H,22,26). The summed E-state index contributed by atoms with van der Waals surface area (Å²) >= 11 is 0. The van der Waals surface area contributed by atoms with Gasteiger partial charge in [-0.1, -0.05) is 12.1 Å². The minimum Gasteiger partial charge on any atom is -0.497 e. The van der Waals surface area contributed by atoms with Crippen LogP contribution in [0.1, 0.15) is 38.2 Å². The molecule has 1 aromatic carbocycles. The van der Waals surface area contributed by atoms with Gasteiger partial charge in [-0.3, -0.25) is 14.5 Å². The van der Waals surface area contributed by atoms with E-state index in [4.69, 9.17) is 4.74 Å². The van der Waals surface area contributed by atoms with E-state index in [1.54, 1.807) is 14.0 Å². The van der Waals surface area contributed by atoms with Gasteiger partial charge in [0.25, 0.3) is 0 Å². The molecule has 2 aliphatic heterocycles. The second-order valence-corrected chi connectivity index (χ2v) is 7.67. The summed E-state index contributed by atoms with van der Waals surface area (Å²) in [5.74, 6) is 1.10. The summed E-state index contributed by atoms with van der Waals surface area (Å²) in [6.07, 6.45) is 4.94. The molecule has 1 atom stereocenters. The Bertz CT molecular complexity index is 639. The highest BCUT2D eigenvalue weighted by atomic mass is 16.5. The average Bonchev–Trinajstić information content (AvgIpc) is 3.09. The number of nitrogens with one attached hydrogen (secondary N) is 1. The monoisotopic (exact) mass is 373 g/mol. The number of ether oxygens (including phenoxy) is 1. The van der Waals surface area contributed by atoms with E-state index in [1.807, 2.05) is 17.0 Å². The molecule has 2 heterocycles. The number of benzene rings is 1. The summed E-state index contributed by atoms with van der Waals surface area (Å²) in [4.78, 5) is 28.1. The van der Waals surface area contributed by atoms with Crippen molar-refractivity contribution < 1.29 is 14.3 Å². The third-order valence-electron chi connectivity index (χ3n) is 5.78. The zero-order valence-corrected chi connectivity index (χ0v) is 16.4. The van der Waals surface area contributed by atoms with Gasteiger partial charge in [-0.05, 0) is 56.3 Å². The summed E-state index contributed by atoms with van der Waals surface area (Å²) in [6, 6.07) is 8.82. The average molecular weight is 373 g/mol. The lowest BCUT2D eigenvalue weighted by molar-refractivity contribution is -0.130. The molecule has 0 radical (unpaired) electrons. The maximum atomic E-state index is 12.5. The molecule has 1 unspecified atom stereocenters. The number of rotatable bonds is 6. The van der Waals surface area contributed by atoms with Crippen molar-refractivity contribution in [3.63, 3.8) is 0 Å². The Hall–Kier alpha value is -2.08. The number of piperidine rings is 1. The molecule has 0 saturated carbocycles. The van der Waals surface area contributed by atoms with Crippen molar-refractivity contribution in [2.45, 2.75) is 51.1 Å². The maximum absolute atomic E-state index is 12.5. The number of methoxy groups -OCH3 is 1. The van der Waals surface area contributed by atoms with Crippen molar-refractivity contribution in [2.75, 3.05) is 33.3 Å². The fourth-order valence-electron chi connectivity index (χ4n) is 4.16. The molecule has 0 aromatic heterocycles. The molecule has 6 heteroatoms. The second kappa shape index (κ2) is 9.22. The van der Waals surface area contributed by atoms with Crippen LogP contribution in [0.5, 0.6) is 5.75 Å². The van der Waals surface area contributed by atoms with Crippen molar-refractivity contribution in [3.8, 4) is 5.75 Å². The maximum Gasteiger partial charge on any atom is 0.234 e. The normalized spacial score (nSPS) is 21.3. The van der Waals surface area contributed by atoms with Crippen LogP contribution in [-0.4, -0.2) is 67.0 Å². The Labute approximate surface area is 161 Å². The first-order valence-corrected chi connectivity index (χ1v) is 9.97. The van der Waals surface area contributed by atoms with Gasteiger partial charge < -0.3 is 15.0 Å². The largest absolute Gasteiger partial charge is 0.497 e. The number of carbonyl (C=O) groups is 2. The van der Waals surface area contributed by atoms with Gasteiger partial charge in [-0.2, -0.15) is 0 Å². The Morgan fingerprint density at radius 3 is 2.44 bits per heavy atom. The fraction of sp³-hybridized carbons (Fsp3) is 0.619. The minimum atomic E-state index is 0.109. The van der Waals surface area contributed by atoms with Crippen molar-refractivity contribution >= 4 is 11.8 Å². The van der Waals surface area contributed by atoms with Gasteiger partial charge in [-0.15, -0.1) is 0 Å². The highest BCUT2D eigenvalue weighted by Gasteiger charge is 2.28. The molecule has 0 aliphatic carbocycles. The van der Waals surface area contributed by atoms with Crippen molar-refractivity contribution in [1.82, 2.24) is 15.1 Å². The number of carbonyl (C=O) groups excluding carboxylic acids is 2. The van der Waals surface area contributed by atoms with E-state index in [9.17, 15) is 9.59 Å². The second-order valence-electron chi connectivity index (χ2n) is 7.67. The molecule has 2 fully saturated rings. The molecule has 2 amide bonds. The van der Waals surface area contributed by atoms with E-state index in [1.165, 1.54) is 5.56 Å². The van der Waals surface area contributed by atoms with E-state index in [-0.39, 0.29) is 17.9 Å². The summed E-state index contributed by atoms with van der Waals surface area (Å²) in [6.45, 7) is 4.54. The van der Waals surface area contributed by atoms with Gasteiger partial charge in [0.2, 0.25) is 11.8 Å². The van der Waals surface area contributed by atoms with Crippen LogP contribution >= 0.6 is 0 Å². The molecule has 2 aliphatic rings. The molecule has 27 heavy (non-hydrogen) atoms. The van der Waals surface area contributed by atoms with E-state index >= 15 is 0 Å². The first kappa shape index (κ1) is 19.7. The number of nitrogens with zero attached hydrogens (tertiary/aromatic N) is 2. The topological polar surface area (TPSA) is 61.9 Å². The van der Waals surface area contributed by atoms with E-state index < -0.39 is 0 Å². The third-order valence-corrected chi connectivity index (χ3v) is 5.78. The molecule has 6 nitrogen and oxygen atoms in total. The van der Waals surface area contributed by atoms with Crippen LogP contribution in [0.15, 0.2) is 24.3 Å². The molecule has 1 aromatic rings. The molecule has 3 rings (SSSR count). The summed E-state index contributed by atoms with van der Waals surface area (Å²) < 4.78 is 5.22. The molecular weight excluding hydrogens is 342 g/mol. The van der Waals surface area contributed by atoms with Crippen molar-refractivity contribution in [1.29, 1.82) is 0 Å². The SMILES string of the molecule is COc1ccc(CC2CCCN2CC(=O)NC2CCN(C(C)=O)CC2)cc1. The number of likely N-dealkylation sites (tertiary alicyclic amines) is 2. The van der Waals surface area contributed by atoms with Gasteiger partial charge in [0.15, 0.2) is 0 Å². The smallest absolute Gasteiger partial charge is 0.234 e. The first-order valence-electron chi connectivity index (χ1n) is 9.97. The lowest BCUT2D eigenvalue weighted by Crippen LogP contribution is -2.49. The van der Waals surface area contributed by atoms with Crippen LogP contribution in [0.2, 0.25) is 0 Å². The summed E-state index contributed by atoms with van der Waals surface area (Å²) in [7, 11) is 1.68. The summed E-state index contributed by atoms with van der Waals surface area (Å²) in [5, 5.41) is 3.17. The quantitative estimate of drug-likeness (QED) is 0.826. The van der Waals surface area contributed by atoms with Crippen LogP contribution in [0.3, 0.4) is 0 Å². The third kappa shape index (κ3) is 5.45.